The smallest absolute Gasteiger partial charge is 0.217 e. The fraction of sp³-hybridized carbons (Fsp3) is 0.167. The van der Waals surface area contributed by atoms with Crippen LogP contribution >= 0.6 is 36.2 Å². The van der Waals surface area contributed by atoms with Crippen LogP contribution in [-0.2, 0) is 11.3 Å². The molecule has 2 aromatic heterocycles. The van der Waals surface area contributed by atoms with Crippen LogP contribution in [0.1, 0.15) is 12.6 Å². The van der Waals surface area contributed by atoms with Gasteiger partial charge in [-0.3, -0.25) is 9.78 Å². The molecule has 0 aliphatic carbocycles. The predicted octanol–water partition coefficient (Wildman–Crippen LogP) is 1.59. The van der Waals surface area contributed by atoms with Crippen molar-refractivity contribution in [1.29, 1.82) is 0 Å². The van der Waals surface area contributed by atoms with Gasteiger partial charge in [0.15, 0.2) is 5.96 Å². The molecule has 0 bridgehead atoms. The van der Waals surface area contributed by atoms with Crippen molar-refractivity contribution in [1.82, 2.24) is 15.3 Å². The molecule has 2 rings (SSSR count). The SMILES string of the molecule is CC(=O)NCc1cc(-c2csc(N=C(N)N)n2)ccn1.Cl.Cl. The molecule has 0 radical (unpaired) electrons. The highest BCUT2D eigenvalue weighted by Crippen LogP contribution is 2.26. The van der Waals surface area contributed by atoms with Crippen LogP contribution < -0.4 is 16.8 Å². The Morgan fingerprint density at radius 2 is 2.14 bits per heavy atom. The van der Waals surface area contributed by atoms with E-state index in [4.69, 9.17) is 11.5 Å². The summed E-state index contributed by atoms with van der Waals surface area (Å²) in [7, 11) is 0. The molecule has 1 amide bonds. The van der Waals surface area contributed by atoms with Crippen molar-refractivity contribution in [3.63, 3.8) is 0 Å². The molecule has 0 unspecified atom stereocenters. The van der Waals surface area contributed by atoms with Crippen molar-refractivity contribution < 1.29 is 4.79 Å². The normalized spacial score (nSPS) is 9.14. The number of aliphatic imine (C=N–C) groups is 1. The van der Waals surface area contributed by atoms with Gasteiger partial charge in [0.05, 0.1) is 17.9 Å². The number of hydrogen-bond acceptors (Lipinski definition) is 5. The van der Waals surface area contributed by atoms with Gasteiger partial charge in [-0.25, -0.2) is 4.98 Å². The van der Waals surface area contributed by atoms with Gasteiger partial charge in [0.2, 0.25) is 11.0 Å². The molecule has 10 heteroatoms. The van der Waals surface area contributed by atoms with Gasteiger partial charge in [0.25, 0.3) is 0 Å². The van der Waals surface area contributed by atoms with E-state index in [1.165, 1.54) is 18.3 Å². The van der Waals surface area contributed by atoms with Crippen molar-refractivity contribution in [2.45, 2.75) is 13.5 Å². The van der Waals surface area contributed by atoms with Gasteiger partial charge >= 0.3 is 0 Å². The molecule has 0 fully saturated rings. The average Bonchev–Trinajstić information content (AvgIpc) is 2.84. The standard InChI is InChI=1S/C12H14N6OS.2ClH/c1-7(19)16-5-9-4-8(2-3-15-9)10-6-20-12(17-10)18-11(13)14;;/h2-4,6H,5H2,1H3,(H,16,19)(H4,13,14,17,18);2*1H. The molecule has 0 aliphatic heterocycles. The van der Waals surface area contributed by atoms with Crippen LogP contribution in [0.3, 0.4) is 0 Å². The number of rotatable bonds is 4. The maximum absolute atomic E-state index is 10.9. The minimum Gasteiger partial charge on any atom is -0.370 e. The fourth-order valence-corrected chi connectivity index (χ4v) is 2.22. The Hall–Kier alpha value is -1.90. The molecule has 0 aliphatic rings. The first-order valence-corrected chi connectivity index (χ1v) is 6.67. The number of guanidine groups is 1. The third-order valence-electron chi connectivity index (χ3n) is 2.35. The zero-order valence-electron chi connectivity index (χ0n) is 11.6. The topological polar surface area (TPSA) is 119 Å². The summed E-state index contributed by atoms with van der Waals surface area (Å²) in [6.45, 7) is 1.85. The van der Waals surface area contributed by atoms with E-state index in [0.29, 0.717) is 11.7 Å². The van der Waals surface area contributed by atoms with E-state index < -0.39 is 0 Å². The molecule has 22 heavy (non-hydrogen) atoms. The lowest BCUT2D eigenvalue weighted by Gasteiger charge is -2.03. The van der Waals surface area contributed by atoms with Crippen molar-refractivity contribution in [3.8, 4) is 11.3 Å². The van der Waals surface area contributed by atoms with E-state index in [0.717, 1.165) is 17.0 Å². The molecule has 2 heterocycles. The molecular formula is C12H16Cl2N6OS. The Balaban J connectivity index is 0.00000220. The third kappa shape index (κ3) is 5.84. The lowest BCUT2D eigenvalue weighted by Crippen LogP contribution is -2.21. The number of nitrogens with zero attached hydrogens (tertiary/aromatic N) is 3. The first-order chi connectivity index (χ1) is 9.54. The van der Waals surface area contributed by atoms with Gasteiger partial charge in [-0.2, -0.15) is 4.99 Å². The Morgan fingerprint density at radius 1 is 1.41 bits per heavy atom. The summed E-state index contributed by atoms with van der Waals surface area (Å²) in [5.41, 5.74) is 13.0. The van der Waals surface area contributed by atoms with Gasteiger partial charge < -0.3 is 16.8 Å². The summed E-state index contributed by atoms with van der Waals surface area (Å²) in [5.74, 6) is -0.118. The van der Waals surface area contributed by atoms with Gasteiger partial charge in [-0.1, -0.05) is 0 Å². The minimum absolute atomic E-state index is 0. The van der Waals surface area contributed by atoms with Crippen LogP contribution in [0.4, 0.5) is 5.13 Å². The lowest BCUT2D eigenvalue weighted by atomic mass is 10.2. The van der Waals surface area contributed by atoms with Crippen LogP contribution in [0, 0.1) is 0 Å². The number of aromatic nitrogens is 2. The number of carbonyl (C=O) groups excluding carboxylic acids is 1. The Morgan fingerprint density at radius 3 is 2.77 bits per heavy atom. The highest BCUT2D eigenvalue weighted by Gasteiger charge is 2.06. The summed E-state index contributed by atoms with van der Waals surface area (Å²) in [6, 6.07) is 3.70. The summed E-state index contributed by atoms with van der Waals surface area (Å²) in [5, 5.41) is 5.06. The second kappa shape index (κ2) is 9.19. The summed E-state index contributed by atoms with van der Waals surface area (Å²) >= 11 is 1.35. The number of carbonyl (C=O) groups is 1. The van der Waals surface area contributed by atoms with Gasteiger partial charge in [0, 0.05) is 24.1 Å². The summed E-state index contributed by atoms with van der Waals surface area (Å²) < 4.78 is 0. The van der Waals surface area contributed by atoms with Crippen LogP contribution in [0.5, 0.6) is 0 Å². The minimum atomic E-state index is -0.0964. The van der Waals surface area contributed by atoms with Crippen molar-refractivity contribution in [2.24, 2.45) is 16.5 Å². The number of amides is 1. The number of hydrogen-bond donors (Lipinski definition) is 3. The highest BCUT2D eigenvalue weighted by atomic mass is 35.5. The van der Waals surface area contributed by atoms with E-state index >= 15 is 0 Å². The quantitative estimate of drug-likeness (QED) is 0.563. The average molecular weight is 363 g/mol. The summed E-state index contributed by atoms with van der Waals surface area (Å²) in [6.07, 6.45) is 1.67. The van der Waals surface area contributed by atoms with Gasteiger partial charge in [-0.05, 0) is 12.1 Å². The molecule has 120 valence electrons. The maximum Gasteiger partial charge on any atom is 0.217 e. The zero-order chi connectivity index (χ0) is 14.5. The zero-order valence-corrected chi connectivity index (χ0v) is 14.1. The van der Waals surface area contributed by atoms with Crippen molar-refractivity contribution in [2.75, 3.05) is 0 Å². The number of halogens is 2. The molecule has 0 spiro atoms. The van der Waals surface area contributed by atoms with E-state index in [1.807, 2.05) is 17.5 Å². The molecule has 0 atom stereocenters. The predicted molar refractivity (Wildman–Crippen MR) is 92.8 cm³/mol. The van der Waals surface area contributed by atoms with Crippen molar-refractivity contribution in [3.05, 3.63) is 29.4 Å². The lowest BCUT2D eigenvalue weighted by molar-refractivity contribution is -0.119. The van der Waals surface area contributed by atoms with Crippen LogP contribution in [0.25, 0.3) is 11.3 Å². The second-order valence-corrected chi connectivity index (χ2v) is 4.83. The summed E-state index contributed by atoms with van der Waals surface area (Å²) in [4.78, 5) is 23.3. The number of nitrogens with one attached hydrogen (secondary N) is 1. The second-order valence-electron chi connectivity index (χ2n) is 4.00. The van der Waals surface area contributed by atoms with Crippen LogP contribution in [0.15, 0.2) is 28.7 Å². The molecule has 0 saturated carbocycles. The Bertz CT molecular complexity index is 657. The third-order valence-corrected chi connectivity index (χ3v) is 3.08. The van der Waals surface area contributed by atoms with E-state index in [9.17, 15) is 4.79 Å². The monoisotopic (exact) mass is 362 g/mol. The first-order valence-electron chi connectivity index (χ1n) is 5.79. The van der Waals surface area contributed by atoms with Crippen molar-refractivity contribution >= 4 is 53.1 Å². The number of pyridine rings is 1. The molecular weight excluding hydrogens is 347 g/mol. The number of thiazole rings is 1. The largest absolute Gasteiger partial charge is 0.370 e. The first kappa shape index (κ1) is 20.1. The highest BCUT2D eigenvalue weighted by molar-refractivity contribution is 7.13. The van der Waals surface area contributed by atoms with Crippen LogP contribution in [-0.4, -0.2) is 21.8 Å². The number of nitrogens with two attached hydrogens (primary N) is 2. The van der Waals surface area contributed by atoms with Gasteiger partial charge in [-0.15, -0.1) is 36.2 Å². The van der Waals surface area contributed by atoms with E-state index in [2.05, 4.69) is 20.3 Å². The van der Waals surface area contributed by atoms with E-state index in [1.54, 1.807) is 6.20 Å². The van der Waals surface area contributed by atoms with E-state index in [-0.39, 0.29) is 36.7 Å². The van der Waals surface area contributed by atoms with Crippen LogP contribution in [0.2, 0.25) is 0 Å². The van der Waals surface area contributed by atoms with Gasteiger partial charge in [0.1, 0.15) is 0 Å². The Kier molecular flexibility index (Phi) is 8.39. The fourth-order valence-electron chi connectivity index (χ4n) is 1.51. The maximum atomic E-state index is 10.9. The molecule has 0 saturated heterocycles. The Labute approximate surface area is 144 Å². The molecule has 7 nitrogen and oxygen atoms in total. The molecule has 5 N–H and O–H groups in total. The molecule has 0 aromatic carbocycles. The molecule has 2 aromatic rings.